The van der Waals surface area contributed by atoms with Crippen LogP contribution in [0.15, 0.2) is 42.7 Å². The number of likely N-dealkylation sites (N-methyl/N-ethyl adjacent to an activating group) is 1. The normalized spacial score (nSPS) is 16.4. The maximum atomic E-state index is 13.3. The van der Waals surface area contributed by atoms with Crippen molar-refractivity contribution in [2.45, 2.75) is 38.3 Å². The molecule has 1 aliphatic rings. The molecule has 1 amide bonds. The number of halogens is 1. The van der Waals surface area contributed by atoms with Crippen LogP contribution in [0.25, 0.3) is 0 Å². The number of carbonyl (C=O) groups is 1. The molecule has 1 aromatic carbocycles. The van der Waals surface area contributed by atoms with Crippen molar-refractivity contribution < 1.29 is 9.18 Å². The monoisotopic (exact) mass is 358 g/mol. The highest BCUT2D eigenvalue weighted by Gasteiger charge is 2.30. The first kappa shape index (κ1) is 18.6. The maximum Gasteiger partial charge on any atom is 0.244 e. The van der Waals surface area contributed by atoms with E-state index in [9.17, 15) is 9.18 Å². The molecule has 140 valence electrons. The zero-order valence-corrected chi connectivity index (χ0v) is 15.4. The van der Waals surface area contributed by atoms with Gasteiger partial charge in [-0.05, 0) is 56.1 Å². The molecular formula is C20H27FN4O. The molecule has 3 rings (SSSR count). The average Bonchev–Trinajstić information content (AvgIpc) is 3.18. The molecule has 2 heterocycles. The van der Waals surface area contributed by atoms with E-state index in [1.165, 1.54) is 18.6 Å². The van der Waals surface area contributed by atoms with Crippen molar-refractivity contribution in [1.82, 2.24) is 19.6 Å². The van der Waals surface area contributed by atoms with Crippen molar-refractivity contribution >= 4 is 5.91 Å². The smallest absolute Gasteiger partial charge is 0.244 e. The number of likely N-dealkylation sites (tertiary alicyclic amines) is 1. The van der Waals surface area contributed by atoms with Gasteiger partial charge in [-0.25, -0.2) is 4.39 Å². The Labute approximate surface area is 154 Å². The molecule has 0 unspecified atom stereocenters. The molecule has 2 aromatic rings. The summed E-state index contributed by atoms with van der Waals surface area (Å²) in [7, 11) is 1.85. The fourth-order valence-corrected chi connectivity index (χ4v) is 3.55. The zero-order valence-electron chi connectivity index (χ0n) is 15.4. The van der Waals surface area contributed by atoms with Gasteiger partial charge in [-0.3, -0.25) is 14.4 Å². The molecule has 0 N–H and O–H groups in total. The minimum absolute atomic E-state index is 0.0824. The Kier molecular flexibility index (Phi) is 6.39. The number of aromatic nitrogens is 2. The maximum absolute atomic E-state index is 13.3. The molecule has 0 radical (unpaired) electrons. The van der Waals surface area contributed by atoms with Crippen LogP contribution in [0.2, 0.25) is 0 Å². The van der Waals surface area contributed by atoms with Crippen molar-refractivity contribution in [2.75, 3.05) is 26.7 Å². The average molecular weight is 358 g/mol. The second kappa shape index (κ2) is 8.94. The van der Waals surface area contributed by atoms with Gasteiger partial charge in [0.2, 0.25) is 5.91 Å². The van der Waals surface area contributed by atoms with E-state index in [1.807, 2.05) is 24.0 Å². The van der Waals surface area contributed by atoms with E-state index in [4.69, 9.17) is 0 Å². The highest BCUT2D eigenvalue weighted by atomic mass is 19.1. The van der Waals surface area contributed by atoms with Crippen LogP contribution in [0.3, 0.4) is 0 Å². The Morgan fingerprint density at radius 2 is 1.96 bits per heavy atom. The number of nitrogens with zero attached hydrogens (tertiary/aromatic N) is 4. The second-order valence-corrected chi connectivity index (χ2v) is 6.93. The lowest BCUT2D eigenvalue weighted by Crippen LogP contribution is -2.44. The molecule has 6 heteroatoms. The molecule has 0 spiro atoms. The van der Waals surface area contributed by atoms with Crippen LogP contribution in [0.4, 0.5) is 4.39 Å². The van der Waals surface area contributed by atoms with Gasteiger partial charge in [-0.2, -0.15) is 5.10 Å². The third-order valence-electron chi connectivity index (χ3n) is 4.99. The van der Waals surface area contributed by atoms with Crippen LogP contribution in [0, 0.1) is 5.82 Å². The standard InChI is InChI=1S/C20H27FN4O/c1-23(12-6-16-25-15-5-11-22-25)20(26)19(24-13-3-2-4-14-24)17-7-9-18(21)10-8-17/h5,7-11,15,19H,2-4,6,12-14,16H2,1H3/t19-/m1/s1. The molecule has 0 saturated carbocycles. The Bertz CT molecular complexity index is 680. The lowest BCUT2D eigenvalue weighted by atomic mass is 10.0. The van der Waals surface area contributed by atoms with Crippen LogP contribution in [0.1, 0.15) is 37.3 Å². The predicted molar refractivity (Wildman–Crippen MR) is 99.0 cm³/mol. The largest absolute Gasteiger partial charge is 0.344 e. The fraction of sp³-hybridized carbons (Fsp3) is 0.500. The lowest BCUT2D eigenvalue weighted by Gasteiger charge is -2.36. The van der Waals surface area contributed by atoms with Gasteiger partial charge in [0.1, 0.15) is 11.9 Å². The van der Waals surface area contributed by atoms with Crippen LogP contribution in [0.5, 0.6) is 0 Å². The highest BCUT2D eigenvalue weighted by Crippen LogP contribution is 2.26. The first-order valence-corrected chi connectivity index (χ1v) is 9.37. The van der Waals surface area contributed by atoms with Gasteiger partial charge in [0, 0.05) is 32.5 Å². The number of aryl methyl sites for hydroxylation is 1. The molecule has 1 atom stereocenters. The Morgan fingerprint density at radius 1 is 1.23 bits per heavy atom. The minimum atomic E-state index is -0.328. The van der Waals surface area contributed by atoms with Crippen LogP contribution in [-0.4, -0.2) is 52.2 Å². The predicted octanol–water partition coefficient (Wildman–Crippen LogP) is 3.10. The van der Waals surface area contributed by atoms with Crippen LogP contribution in [-0.2, 0) is 11.3 Å². The van der Waals surface area contributed by atoms with E-state index in [0.29, 0.717) is 6.54 Å². The molecule has 1 aromatic heterocycles. The van der Waals surface area contributed by atoms with Crippen LogP contribution < -0.4 is 0 Å². The summed E-state index contributed by atoms with van der Waals surface area (Å²) in [4.78, 5) is 17.2. The third kappa shape index (κ3) is 4.69. The van der Waals surface area contributed by atoms with Crippen molar-refractivity contribution in [3.63, 3.8) is 0 Å². The summed E-state index contributed by atoms with van der Waals surface area (Å²) in [6.07, 6.45) is 7.95. The summed E-state index contributed by atoms with van der Waals surface area (Å²) in [6, 6.07) is 7.93. The van der Waals surface area contributed by atoms with E-state index in [0.717, 1.165) is 44.5 Å². The van der Waals surface area contributed by atoms with Gasteiger partial charge >= 0.3 is 0 Å². The van der Waals surface area contributed by atoms with Gasteiger partial charge in [0.05, 0.1) is 0 Å². The minimum Gasteiger partial charge on any atom is -0.344 e. The number of hydrogen-bond acceptors (Lipinski definition) is 3. The van der Waals surface area contributed by atoms with Gasteiger partial charge < -0.3 is 4.90 Å². The first-order valence-electron chi connectivity index (χ1n) is 9.37. The quantitative estimate of drug-likeness (QED) is 0.764. The Hall–Kier alpha value is -2.21. The number of carbonyl (C=O) groups excluding carboxylic acids is 1. The molecule has 0 aliphatic carbocycles. The summed E-state index contributed by atoms with van der Waals surface area (Å²) < 4.78 is 15.2. The summed E-state index contributed by atoms with van der Waals surface area (Å²) in [5.41, 5.74) is 0.872. The molecule has 26 heavy (non-hydrogen) atoms. The number of piperidine rings is 1. The van der Waals surface area contributed by atoms with Gasteiger partial charge in [0.15, 0.2) is 0 Å². The van der Waals surface area contributed by atoms with Crippen molar-refractivity contribution in [3.05, 3.63) is 54.1 Å². The van der Waals surface area contributed by atoms with Gasteiger partial charge in [0.25, 0.3) is 0 Å². The lowest BCUT2D eigenvalue weighted by molar-refractivity contribution is -0.136. The zero-order chi connectivity index (χ0) is 18.4. The van der Waals surface area contributed by atoms with Crippen molar-refractivity contribution in [2.24, 2.45) is 0 Å². The van der Waals surface area contributed by atoms with Crippen LogP contribution >= 0.6 is 0 Å². The SMILES string of the molecule is CN(CCCn1cccn1)C(=O)[C@@H](c1ccc(F)cc1)N1CCCCC1. The summed E-state index contributed by atoms with van der Waals surface area (Å²) in [5.74, 6) is -0.190. The van der Waals surface area contributed by atoms with E-state index >= 15 is 0 Å². The molecule has 0 bridgehead atoms. The number of benzene rings is 1. The van der Waals surface area contributed by atoms with E-state index in [2.05, 4.69) is 10.00 Å². The Morgan fingerprint density at radius 3 is 2.62 bits per heavy atom. The topological polar surface area (TPSA) is 41.4 Å². The highest BCUT2D eigenvalue weighted by molar-refractivity contribution is 5.83. The summed E-state index contributed by atoms with van der Waals surface area (Å²) in [5, 5.41) is 4.19. The third-order valence-corrected chi connectivity index (χ3v) is 4.99. The molecule has 1 fully saturated rings. The first-order chi connectivity index (χ1) is 12.6. The van der Waals surface area contributed by atoms with Crippen molar-refractivity contribution in [3.8, 4) is 0 Å². The van der Waals surface area contributed by atoms with E-state index in [1.54, 1.807) is 23.2 Å². The van der Waals surface area contributed by atoms with Crippen molar-refractivity contribution in [1.29, 1.82) is 0 Å². The summed E-state index contributed by atoms with van der Waals surface area (Å²) in [6.45, 7) is 3.28. The fourth-order valence-electron chi connectivity index (χ4n) is 3.55. The van der Waals surface area contributed by atoms with E-state index < -0.39 is 0 Å². The van der Waals surface area contributed by atoms with Gasteiger partial charge in [-0.15, -0.1) is 0 Å². The summed E-state index contributed by atoms with van der Waals surface area (Å²) >= 11 is 0. The molecule has 1 aliphatic heterocycles. The van der Waals surface area contributed by atoms with E-state index in [-0.39, 0.29) is 17.8 Å². The number of amides is 1. The number of hydrogen-bond donors (Lipinski definition) is 0. The Balaban J connectivity index is 1.67. The number of rotatable bonds is 7. The van der Waals surface area contributed by atoms with Gasteiger partial charge in [-0.1, -0.05) is 18.6 Å². The molecular weight excluding hydrogens is 331 g/mol. The molecule has 5 nitrogen and oxygen atoms in total. The second-order valence-electron chi connectivity index (χ2n) is 6.93. The molecule has 1 saturated heterocycles.